The average molecular weight is 412 g/mol. The van der Waals surface area contributed by atoms with Crippen LogP contribution in [-0.4, -0.2) is 45.0 Å². The SMILES string of the molecule is COc1ccccc1C(=O)N[C@H](C(=O)NNC(=O)c1cccc(N(C)C)c1)C(C)C. The van der Waals surface area contributed by atoms with E-state index in [0.717, 1.165) is 5.69 Å². The van der Waals surface area contributed by atoms with Crippen molar-refractivity contribution >= 4 is 23.4 Å². The number of hydrogen-bond donors (Lipinski definition) is 3. The Hall–Kier alpha value is -3.55. The lowest BCUT2D eigenvalue weighted by Crippen LogP contribution is -2.54. The smallest absolute Gasteiger partial charge is 0.269 e. The maximum absolute atomic E-state index is 12.6. The van der Waals surface area contributed by atoms with Gasteiger partial charge in [-0.15, -0.1) is 0 Å². The molecule has 8 nitrogen and oxygen atoms in total. The molecule has 0 aromatic heterocycles. The number of amides is 3. The minimum Gasteiger partial charge on any atom is -0.496 e. The Labute approximate surface area is 176 Å². The Morgan fingerprint density at radius 3 is 2.27 bits per heavy atom. The van der Waals surface area contributed by atoms with Gasteiger partial charge in [0.15, 0.2) is 0 Å². The molecule has 0 radical (unpaired) electrons. The molecule has 0 spiro atoms. The second-order valence-corrected chi connectivity index (χ2v) is 7.28. The van der Waals surface area contributed by atoms with Gasteiger partial charge in [-0.1, -0.05) is 32.0 Å². The highest BCUT2D eigenvalue weighted by Crippen LogP contribution is 2.18. The van der Waals surface area contributed by atoms with Gasteiger partial charge in [0.2, 0.25) is 0 Å². The maximum Gasteiger partial charge on any atom is 0.269 e. The van der Waals surface area contributed by atoms with E-state index in [-0.39, 0.29) is 5.92 Å². The number of carbonyl (C=O) groups is 3. The minimum atomic E-state index is -0.851. The van der Waals surface area contributed by atoms with Crippen LogP contribution in [-0.2, 0) is 4.79 Å². The summed E-state index contributed by atoms with van der Waals surface area (Å²) in [6.45, 7) is 3.60. The molecule has 0 bridgehead atoms. The van der Waals surface area contributed by atoms with Gasteiger partial charge in [-0.2, -0.15) is 0 Å². The van der Waals surface area contributed by atoms with Crippen molar-refractivity contribution in [3.05, 3.63) is 59.7 Å². The molecule has 0 heterocycles. The van der Waals surface area contributed by atoms with E-state index < -0.39 is 23.8 Å². The average Bonchev–Trinajstić information content (AvgIpc) is 2.75. The fraction of sp³-hybridized carbons (Fsp3) is 0.318. The van der Waals surface area contributed by atoms with E-state index in [4.69, 9.17) is 4.74 Å². The van der Waals surface area contributed by atoms with Crippen molar-refractivity contribution in [3.63, 3.8) is 0 Å². The number of benzene rings is 2. The van der Waals surface area contributed by atoms with Crippen molar-refractivity contribution in [2.75, 3.05) is 26.1 Å². The van der Waals surface area contributed by atoms with Gasteiger partial charge in [-0.3, -0.25) is 25.2 Å². The molecule has 1 atom stereocenters. The van der Waals surface area contributed by atoms with Crippen LogP contribution in [0.4, 0.5) is 5.69 Å². The molecule has 0 unspecified atom stereocenters. The van der Waals surface area contributed by atoms with Crippen LogP contribution in [0.3, 0.4) is 0 Å². The summed E-state index contributed by atoms with van der Waals surface area (Å²) in [4.78, 5) is 39.5. The Bertz CT molecular complexity index is 912. The summed E-state index contributed by atoms with van der Waals surface area (Å²) in [6, 6.07) is 12.9. The van der Waals surface area contributed by atoms with Gasteiger partial charge in [0, 0.05) is 25.3 Å². The Morgan fingerprint density at radius 1 is 0.933 bits per heavy atom. The molecule has 0 fully saturated rings. The number of carbonyl (C=O) groups excluding carboxylic acids is 3. The molecule has 8 heteroatoms. The molecule has 160 valence electrons. The molecule has 30 heavy (non-hydrogen) atoms. The van der Waals surface area contributed by atoms with E-state index in [1.807, 2.05) is 25.1 Å². The number of nitrogens with one attached hydrogen (secondary N) is 3. The van der Waals surface area contributed by atoms with Crippen molar-refractivity contribution in [2.24, 2.45) is 5.92 Å². The molecule has 0 aliphatic rings. The first-order chi connectivity index (χ1) is 14.2. The van der Waals surface area contributed by atoms with E-state index in [1.165, 1.54) is 7.11 Å². The van der Waals surface area contributed by atoms with Crippen LogP contribution >= 0.6 is 0 Å². The first-order valence-electron chi connectivity index (χ1n) is 9.56. The van der Waals surface area contributed by atoms with Crippen LogP contribution in [0.5, 0.6) is 5.75 Å². The quantitative estimate of drug-likeness (QED) is 0.604. The van der Waals surface area contributed by atoms with Crippen molar-refractivity contribution in [1.82, 2.24) is 16.2 Å². The van der Waals surface area contributed by atoms with Crippen LogP contribution in [0.15, 0.2) is 48.5 Å². The van der Waals surface area contributed by atoms with Crippen molar-refractivity contribution in [2.45, 2.75) is 19.9 Å². The van der Waals surface area contributed by atoms with Crippen LogP contribution < -0.4 is 25.8 Å². The topological polar surface area (TPSA) is 99.8 Å². The lowest BCUT2D eigenvalue weighted by molar-refractivity contribution is -0.124. The number of methoxy groups -OCH3 is 1. The van der Waals surface area contributed by atoms with Gasteiger partial charge in [0.05, 0.1) is 12.7 Å². The standard InChI is InChI=1S/C22H28N4O4/c1-14(2)19(23-21(28)17-11-6-7-12-18(17)30-5)22(29)25-24-20(27)15-9-8-10-16(13-15)26(3)4/h6-14,19H,1-5H3,(H,23,28)(H,24,27)(H,25,29)/t19-/m0/s1. The molecule has 0 aliphatic carbocycles. The number of nitrogens with zero attached hydrogens (tertiary/aromatic N) is 1. The van der Waals surface area contributed by atoms with Crippen LogP contribution in [0.1, 0.15) is 34.6 Å². The number of hydrazine groups is 1. The molecule has 2 aromatic carbocycles. The Balaban J connectivity index is 2.04. The molecule has 3 N–H and O–H groups in total. The second kappa shape index (κ2) is 10.3. The lowest BCUT2D eigenvalue weighted by atomic mass is 10.0. The molecule has 2 aromatic rings. The largest absolute Gasteiger partial charge is 0.496 e. The maximum atomic E-state index is 12.6. The summed E-state index contributed by atoms with van der Waals surface area (Å²) < 4.78 is 5.20. The zero-order valence-electron chi connectivity index (χ0n) is 17.9. The van der Waals surface area contributed by atoms with Gasteiger partial charge >= 0.3 is 0 Å². The van der Waals surface area contributed by atoms with Crippen molar-refractivity contribution < 1.29 is 19.1 Å². The summed E-state index contributed by atoms with van der Waals surface area (Å²) in [5.74, 6) is -1.22. The third kappa shape index (κ3) is 5.73. The minimum absolute atomic E-state index is 0.211. The van der Waals surface area contributed by atoms with Gasteiger partial charge in [0.25, 0.3) is 17.7 Å². The molecule has 0 aliphatic heterocycles. The van der Waals surface area contributed by atoms with E-state index in [9.17, 15) is 14.4 Å². The Kier molecular flexibility index (Phi) is 7.80. The summed E-state index contributed by atoms with van der Waals surface area (Å²) >= 11 is 0. The predicted octanol–water partition coefficient (Wildman–Crippen LogP) is 1.98. The molecule has 0 saturated heterocycles. The van der Waals surface area contributed by atoms with Crippen molar-refractivity contribution in [3.8, 4) is 5.75 Å². The zero-order chi connectivity index (χ0) is 22.3. The fourth-order valence-corrected chi connectivity index (χ4v) is 2.78. The van der Waals surface area contributed by atoms with Crippen LogP contribution in [0, 0.1) is 5.92 Å². The van der Waals surface area contributed by atoms with Crippen molar-refractivity contribution in [1.29, 1.82) is 0 Å². The molecule has 0 saturated carbocycles. The zero-order valence-corrected chi connectivity index (χ0v) is 17.9. The summed E-state index contributed by atoms with van der Waals surface area (Å²) in [6.07, 6.45) is 0. The molecular weight excluding hydrogens is 384 g/mol. The summed E-state index contributed by atoms with van der Waals surface area (Å²) in [5.41, 5.74) is 6.39. The molecule has 2 rings (SSSR count). The number of ether oxygens (including phenoxy) is 1. The van der Waals surface area contributed by atoms with Crippen LogP contribution in [0.2, 0.25) is 0 Å². The second-order valence-electron chi connectivity index (χ2n) is 7.28. The van der Waals surface area contributed by atoms with Gasteiger partial charge in [-0.25, -0.2) is 0 Å². The number of rotatable bonds is 7. The number of anilines is 1. The van der Waals surface area contributed by atoms with E-state index in [0.29, 0.717) is 16.9 Å². The highest BCUT2D eigenvalue weighted by Gasteiger charge is 2.26. The third-order valence-electron chi connectivity index (χ3n) is 4.51. The Morgan fingerprint density at radius 2 is 1.63 bits per heavy atom. The fourth-order valence-electron chi connectivity index (χ4n) is 2.78. The summed E-state index contributed by atoms with van der Waals surface area (Å²) in [5, 5.41) is 2.71. The normalized spacial score (nSPS) is 11.4. The summed E-state index contributed by atoms with van der Waals surface area (Å²) in [7, 11) is 5.21. The van der Waals surface area contributed by atoms with Gasteiger partial charge < -0.3 is 15.0 Å². The predicted molar refractivity (Wildman–Crippen MR) is 115 cm³/mol. The number of para-hydroxylation sites is 1. The monoisotopic (exact) mass is 412 g/mol. The van der Waals surface area contributed by atoms with E-state index in [2.05, 4.69) is 16.2 Å². The van der Waals surface area contributed by atoms with Crippen LogP contribution in [0.25, 0.3) is 0 Å². The van der Waals surface area contributed by atoms with Gasteiger partial charge in [-0.05, 0) is 36.2 Å². The first-order valence-corrected chi connectivity index (χ1v) is 9.56. The third-order valence-corrected chi connectivity index (χ3v) is 4.51. The number of hydrogen-bond acceptors (Lipinski definition) is 5. The van der Waals surface area contributed by atoms with E-state index in [1.54, 1.807) is 56.3 Å². The molecular formula is C22H28N4O4. The molecule has 3 amide bonds. The van der Waals surface area contributed by atoms with E-state index >= 15 is 0 Å². The highest BCUT2D eigenvalue weighted by molar-refractivity contribution is 6.00. The first kappa shape index (κ1) is 22.7. The highest BCUT2D eigenvalue weighted by atomic mass is 16.5. The lowest BCUT2D eigenvalue weighted by Gasteiger charge is -2.22. The van der Waals surface area contributed by atoms with Gasteiger partial charge in [0.1, 0.15) is 11.8 Å².